The van der Waals surface area contributed by atoms with E-state index in [9.17, 15) is 0 Å². The van der Waals surface area contributed by atoms with E-state index in [0.717, 1.165) is 31.7 Å². The van der Waals surface area contributed by atoms with Crippen LogP contribution in [-0.2, 0) is 6.54 Å². The fourth-order valence-electron chi connectivity index (χ4n) is 2.59. The number of likely N-dealkylation sites (tertiary alicyclic amines) is 1. The molecule has 118 valence electrons. The van der Waals surface area contributed by atoms with Gasteiger partial charge >= 0.3 is 0 Å². The van der Waals surface area contributed by atoms with Crippen molar-refractivity contribution in [3.63, 3.8) is 0 Å². The standard InChI is InChI=1S/C15H17Cl2N3O2/c1-10-18-15(22-19-10)9-20-6-2-3-12(8-20)21-11-4-5-13(16)14(17)7-11/h4-5,7,12H,2-3,6,8-9H2,1H3. The fourth-order valence-corrected chi connectivity index (χ4v) is 2.88. The Bertz CT molecular complexity index is 647. The summed E-state index contributed by atoms with van der Waals surface area (Å²) in [6.45, 7) is 4.30. The van der Waals surface area contributed by atoms with Gasteiger partial charge < -0.3 is 9.26 Å². The zero-order valence-corrected chi connectivity index (χ0v) is 13.8. The molecule has 7 heteroatoms. The molecule has 5 nitrogen and oxygen atoms in total. The maximum absolute atomic E-state index is 6.02. The number of rotatable bonds is 4. The molecule has 0 radical (unpaired) electrons. The van der Waals surface area contributed by atoms with Crippen molar-refractivity contribution in [3.8, 4) is 5.75 Å². The van der Waals surface area contributed by atoms with Crippen molar-refractivity contribution in [3.05, 3.63) is 40.0 Å². The molecule has 2 heterocycles. The number of hydrogen-bond acceptors (Lipinski definition) is 5. The lowest BCUT2D eigenvalue weighted by molar-refractivity contribution is 0.0777. The summed E-state index contributed by atoms with van der Waals surface area (Å²) in [6, 6.07) is 5.35. The Balaban J connectivity index is 1.59. The minimum atomic E-state index is 0.120. The number of aryl methyl sites for hydroxylation is 1. The van der Waals surface area contributed by atoms with E-state index in [4.69, 9.17) is 32.5 Å². The normalized spacial score (nSPS) is 19.3. The average molecular weight is 342 g/mol. The third kappa shape index (κ3) is 3.91. The summed E-state index contributed by atoms with van der Waals surface area (Å²) < 4.78 is 11.2. The van der Waals surface area contributed by atoms with Gasteiger partial charge in [0.2, 0.25) is 5.89 Å². The first-order valence-electron chi connectivity index (χ1n) is 7.23. The zero-order valence-electron chi connectivity index (χ0n) is 12.3. The molecule has 1 aliphatic heterocycles. The number of nitrogens with zero attached hydrogens (tertiary/aromatic N) is 3. The zero-order chi connectivity index (χ0) is 15.5. The minimum absolute atomic E-state index is 0.120. The van der Waals surface area contributed by atoms with Gasteiger partial charge in [-0.2, -0.15) is 4.98 Å². The number of aromatic nitrogens is 2. The molecule has 1 aromatic heterocycles. The van der Waals surface area contributed by atoms with E-state index in [1.54, 1.807) is 12.1 Å². The van der Waals surface area contributed by atoms with Crippen LogP contribution in [0.25, 0.3) is 0 Å². The lowest BCUT2D eigenvalue weighted by Gasteiger charge is -2.31. The van der Waals surface area contributed by atoms with Gasteiger partial charge in [-0.05, 0) is 38.4 Å². The first-order valence-corrected chi connectivity index (χ1v) is 7.99. The summed E-state index contributed by atoms with van der Waals surface area (Å²) >= 11 is 11.9. The molecular formula is C15H17Cl2N3O2. The average Bonchev–Trinajstić information content (AvgIpc) is 2.89. The Morgan fingerprint density at radius 1 is 1.36 bits per heavy atom. The lowest BCUT2D eigenvalue weighted by Crippen LogP contribution is -2.40. The summed E-state index contributed by atoms with van der Waals surface area (Å²) in [5.74, 6) is 2.05. The predicted octanol–water partition coefficient (Wildman–Crippen LogP) is 3.73. The van der Waals surface area contributed by atoms with E-state index in [2.05, 4.69) is 15.0 Å². The topological polar surface area (TPSA) is 51.4 Å². The van der Waals surface area contributed by atoms with Crippen molar-refractivity contribution < 1.29 is 9.26 Å². The molecule has 0 aliphatic carbocycles. The van der Waals surface area contributed by atoms with E-state index >= 15 is 0 Å². The van der Waals surface area contributed by atoms with Crippen LogP contribution < -0.4 is 4.74 Å². The molecule has 22 heavy (non-hydrogen) atoms. The van der Waals surface area contributed by atoms with E-state index in [1.807, 2.05) is 13.0 Å². The Labute approximate surface area is 139 Å². The van der Waals surface area contributed by atoms with Crippen LogP contribution in [0.1, 0.15) is 24.6 Å². The number of benzene rings is 1. The summed E-state index contributed by atoms with van der Waals surface area (Å²) in [6.07, 6.45) is 2.20. The monoisotopic (exact) mass is 341 g/mol. The Morgan fingerprint density at radius 3 is 2.95 bits per heavy atom. The van der Waals surface area contributed by atoms with Crippen LogP contribution >= 0.6 is 23.2 Å². The van der Waals surface area contributed by atoms with Crippen LogP contribution in [0.15, 0.2) is 22.7 Å². The maximum atomic E-state index is 6.02. The highest BCUT2D eigenvalue weighted by atomic mass is 35.5. The molecule has 2 aromatic rings. The van der Waals surface area contributed by atoms with Crippen molar-refractivity contribution in [2.24, 2.45) is 0 Å². The summed E-state index contributed by atoms with van der Waals surface area (Å²) in [7, 11) is 0. The number of ether oxygens (including phenoxy) is 1. The highest BCUT2D eigenvalue weighted by molar-refractivity contribution is 6.42. The van der Waals surface area contributed by atoms with Gasteiger partial charge in [-0.15, -0.1) is 0 Å². The molecule has 1 aliphatic rings. The lowest BCUT2D eigenvalue weighted by atomic mass is 10.1. The van der Waals surface area contributed by atoms with Crippen molar-refractivity contribution in [2.75, 3.05) is 13.1 Å². The largest absolute Gasteiger partial charge is 0.489 e. The van der Waals surface area contributed by atoms with Crippen LogP contribution in [0.4, 0.5) is 0 Å². The first kappa shape index (κ1) is 15.6. The van der Waals surface area contributed by atoms with Gasteiger partial charge in [0.25, 0.3) is 0 Å². The van der Waals surface area contributed by atoms with E-state index in [1.165, 1.54) is 0 Å². The quantitative estimate of drug-likeness (QED) is 0.847. The van der Waals surface area contributed by atoms with Gasteiger partial charge in [0.05, 0.1) is 16.6 Å². The second-order valence-electron chi connectivity index (χ2n) is 5.43. The Hall–Kier alpha value is -1.30. The van der Waals surface area contributed by atoms with Crippen LogP contribution in [0.5, 0.6) is 5.75 Å². The smallest absolute Gasteiger partial charge is 0.240 e. The van der Waals surface area contributed by atoms with Crippen LogP contribution in [0, 0.1) is 6.92 Å². The van der Waals surface area contributed by atoms with Crippen LogP contribution in [0.2, 0.25) is 10.0 Å². The molecule has 1 aromatic carbocycles. The third-order valence-corrected chi connectivity index (χ3v) is 4.32. The van der Waals surface area contributed by atoms with Crippen molar-refractivity contribution >= 4 is 23.2 Å². The molecule has 1 unspecified atom stereocenters. The molecule has 0 bridgehead atoms. The molecule has 0 spiro atoms. The van der Waals surface area contributed by atoms with Crippen LogP contribution in [-0.4, -0.2) is 34.2 Å². The second kappa shape index (κ2) is 6.86. The molecule has 3 rings (SSSR count). The molecular weight excluding hydrogens is 325 g/mol. The van der Waals surface area contributed by atoms with E-state index in [-0.39, 0.29) is 6.10 Å². The molecule has 0 N–H and O–H groups in total. The summed E-state index contributed by atoms with van der Waals surface area (Å²) in [5, 5.41) is 4.86. The molecule has 1 atom stereocenters. The van der Waals surface area contributed by atoms with Gasteiger partial charge in [-0.25, -0.2) is 0 Å². The first-order chi connectivity index (χ1) is 10.6. The van der Waals surface area contributed by atoms with Crippen molar-refractivity contribution in [1.29, 1.82) is 0 Å². The number of hydrogen-bond donors (Lipinski definition) is 0. The molecule has 1 fully saturated rings. The number of piperidine rings is 1. The second-order valence-corrected chi connectivity index (χ2v) is 6.24. The Morgan fingerprint density at radius 2 is 2.23 bits per heavy atom. The third-order valence-electron chi connectivity index (χ3n) is 3.58. The SMILES string of the molecule is Cc1noc(CN2CCCC(Oc3ccc(Cl)c(Cl)c3)C2)n1. The van der Waals surface area contributed by atoms with Crippen molar-refractivity contribution in [1.82, 2.24) is 15.0 Å². The molecule has 0 saturated carbocycles. The highest BCUT2D eigenvalue weighted by Crippen LogP contribution is 2.28. The molecule has 1 saturated heterocycles. The van der Waals surface area contributed by atoms with E-state index in [0.29, 0.717) is 28.3 Å². The highest BCUT2D eigenvalue weighted by Gasteiger charge is 2.23. The van der Waals surface area contributed by atoms with E-state index < -0.39 is 0 Å². The summed E-state index contributed by atoms with van der Waals surface area (Å²) in [4.78, 5) is 6.51. The van der Waals surface area contributed by atoms with Gasteiger partial charge in [-0.1, -0.05) is 28.4 Å². The maximum Gasteiger partial charge on any atom is 0.240 e. The minimum Gasteiger partial charge on any atom is -0.489 e. The Kier molecular flexibility index (Phi) is 4.86. The van der Waals surface area contributed by atoms with Gasteiger partial charge in [-0.3, -0.25) is 4.90 Å². The van der Waals surface area contributed by atoms with Gasteiger partial charge in [0, 0.05) is 12.6 Å². The van der Waals surface area contributed by atoms with Gasteiger partial charge in [0.1, 0.15) is 11.9 Å². The number of halogens is 2. The predicted molar refractivity (Wildman–Crippen MR) is 84.4 cm³/mol. The molecule has 0 amide bonds. The fraction of sp³-hybridized carbons (Fsp3) is 0.467. The van der Waals surface area contributed by atoms with Crippen molar-refractivity contribution in [2.45, 2.75) is 32.4 Å². The van der Waals surface area contributed by atoms with Crippen LogP contribution in [0.3, 0.4) is 0 Å². The summed E-state index contributed by atoms with van der Waals surface area (Å²) in [5.41, 5.74) is 0. The van der Waals surface area contributed by atoms with Gasteiger partial charge in [0.15, 0.2) is 5.82 Å².